The van der Waals surface area contributed by atoms with Crippen LogP contribution in [0.1, 0.15) is 19.8 Å². The fourth-order valence-corrected chi connectivity index (χ4v) is 0.906. The lowest BCUT2D eigenvalue weighted by Gasteiger charge is -2.08. The second kappa shape index (κ2) is 2.78. The summed E-state index contributed by atoms with van der Waals surface area (Å²) in [5, 5.41) is 8.73. The van der Waals surface area contributed by atoms with Gasteiger partial charge in [0, 0.05) is 11.9 Å². The molecule has 0 saturated heterocycles. The lowest BCUT2D eigenvalue weighted by Crippen LogP contribution is -1.98. The number of aliphatic imine (C=N–C) groups is 1. The highest BCUT2D eigenvalue weighted by molar-refractivity contribution is 5.61. The van der Waals surface area contributed by atoms with Gasteiger partial charge in [0.25, 0.3) is 0 Å². The summed E-state index contributed by atoms with van der Waals surface area (Å²) < 4.78 is 0. The second-order valence-electron chi connectivity index (χ2n) is 2.20. The summed E-state index contributed by atoms with van der Waals surface area (Å²) >= 11 is 0. The second-order valence-corrected chi connectivity index (χ2v) is 2.20. The van der Waals surface area contributed by atoms with Gasteiger partial charge in [-0.2, -0.15) is 0 Å². The Kier molecular flexibility index (Phi) is 2.01. The van der Waals surface area contributed by atoms with E-state index in [0.29, 0.717) is 0 Å². The maximum Gasteiger partial charge on any atom is 0.0662 e. The van der Waals surface area contributed by atoms with E-state index in [1.54, 1.807) is 0 Å². The monoisotopic (exact) mass is 125 g/mol. The first-order valence-electron chi connectivity index (χ1n) is 3.16. The normalized spacial score (nSPS) is 18.9. The van der Waals surface area contributed by atoms with Crippen LogP contribution < -0.4 is 0 Å². The summed E-state index contributed by atoms with van der Waals surface area (Å²) in [7, 11) is 0. The average Bonchev–Trinajstić information content (AvgIpc) is 1.89. The van der Waals surface area contributed by atoms with Crippen LogP contribution in [0.25, 0.3) is 0 Å². The van der Waals surface area contributed by atoms with Crippen molar-refractivity contribution in [1.82, 2.24) is 0 Å². The number of aliphatic hydroxyl groups is 1. The van der Waals surface area contributed by atoms with Gasteiger partial charge >= 0.3 is 0 Å². The third-order valence-electron chi connectivity index (χ3n) is 1.56. The highest BCUT2D eigenvalue weighted by Crippen LogP contribution is 2.14. The van der Waals surface area contributed by atoms with E-state index in [1.807, 2.05) is 13.1 Å². The Hall–Kier alpha value is -0.630. The van der Waals surface area contributed by atoms with Gasteiger partial charge in [-0.05, 0) is 25.3 Å². The molecule has 0 spiro atoms. The molecule has 0 amide bonds. The molecule has 2 nitrogen and oxygen atoms in total. The van der Waals surface area contributed by atoms with Crippen molar-refractivity contribution in [2.24, 2.45) is 4.99 Å². The van der Waals surface area contributed by atoms with Crippen molar-refractivity contribution >= 4 is 6.21 Å². The van der Waals surface area contributed by atoms with Crippen LogP contribution in [0.3, 0.4) is 0 Å². The first kappa shape index (κ1) is 6.49. The molecule has 0 fully saturated rings. The molecule has 0 aromatic rings. The Morgan fingerprint density at radius 3 is 3.00 bits per heavy atom. The number of rotatable bonds is 1. The molecule has 1 aliphatic heterocycles. The first-order chi connectivity index (χ1) is 4.34. The van der Waals surface area contributed by atoms with E-state index in [9.17, 15) is 0 Å². The van der Waals surface area contributed by atoms with E-state index >= 15 is 0 Å². The molecular formula is C7H11NO. The lowest BCUT2D eigenvalue weighted by molar-refractivity contribution is 0.325. The fraction of sp³-hybridized carbons (Fsp3) is 0.571. The van der Waals surface area contributed by atoms with Crippen LogP contribution in [0.15, 0.2) is 16.3 Å². The largest absolute Gasteiger partial charge is 0.392 e. The first-order valence-corrected chi connectivity index (χ1v) is 3.16. The molecule has 50 valence electrons. The van der Waals surface area contributed by atoms with Crippen LogP contribution in [-0.4, -0.2) is 17.9 Å². The van der Waals surface area contributed by atoms with Crippen molar-refractivity contribution in [2.45, 2.75) is 19.8 Å². The van der Waals surface area contributed by atoms with Crippen LogP contribution in [0.5, 0.6) is 0 Å². The van der Waals surface area contributed by atoms with Gasteiger partial charge in [0.15, 0.2) is 0 Å². The summed E-state index contributed by atoms with van der Waals surface area (Å²) in [6, 6.07) is 0. The Bertz CT molecular complexity index is 158. The quantitative estimate of drug-likeness (QED) is 0.559. The summed E-state index contributed by atoms with van der Waals surface area (Å²) in [6.45, 7) is 2.10. The van der Waals surface area contributed by atoms with Gasteiger partial charge in [0.2, 0.25) is 0 Å². The van der Waals surface area contributed by atoms with Crippen molar-refractivity contribution in [1.29, 1.82) is 0 Å². The van der Waals surface area contributed by atoms with Crippen molar-refractivity contribution in [3.8, 4) is 0 Å². The van der Waals surface area contributed by atoms with E-state index in [2.05, 4.69) is 4.99 Å². The summed E-state index contributed by atoms with van der Waals surface area (Å²) in [6.07, 6.45) is 3.85. The maximum absolute atomic E-state index is 8.73. The molecular weight excluding hydrogens is 114 g/mol. The number of hydrogen-bond donors (Lipinski definition) is 1. The molecule has 0 unspecified atom stereocenters. The van der Waals surface area contributed by atoms with E-state index in [1.165, 1.54) is 0 Å². The Balaban J connectivity index is 2.72. The van der Waals surface area contributed by atoms with Crippen LogP contribution in [-0.2, 0) is 0 Å². The number of allylic oxidation sites excluding steroid dienone is 1. The van der Waals surface area contributed by atoms with Crippen LogP contribution >= 0.6 is 0 Å². The van der Waals surface area contributed by atoms with Crippen LogP contribution in [0.2, 0.25) is 0 Å². The van der Waals surface area contributed by atoms with Crippen molar-refractivity contribution in [3.05, 3.63) is 11.3 Å². The Morgan fingerprint density at radius 1 is 1.78 bits per heavy atom. The lowest BCUT2D eigenvalue weighted by atomic mass is 10.1. The zero-order valence-electron chi connectivity index (χ0n) is 5.59. The van der Waals surface area contributed by atoms with E-state index in [4.69, 9.17) is 5.11 Å². The summed E-state index contributed by atoms with van der Waals surface area (Å²) in [4.78, 5) is 4.08. The number of nitrogens with zero attached hydrogens (tertiary/aromatic N) is 1. The van der Waals surface area contributed by atoms with Gasteiger partial charge < -0.3 is 5.11 Å². The molecule has 0 saturated carbocycles. The topological polar surface area (TPSA) is 32.6 Å². The number of aliphatic hydroxyl groups excluding tert-OH is 1. The Morgan fingerprint density at radius 2 is 2.56 bits per heavy atom. The molecule has 2 heteroatoms. The molecule has 1 aliphatic rings. The minimum Gasteiger partial charge on any atom is -0.392 e. The molecule has 0 aromatic carbocycles. The summed E-state index contributed by atoms with van der Waals surface area (Å²) in [5.74, 6) is 0. The third-order valence-corrected chi connectivity index (χ3v) is 1.56. The van der Waals surface area contributed by atoms with Crippen molar-refractivity contribution in [2.75, 3.05) is 6.61 Å². The molecule has 0 atom stereocenters. The molecule has 1 N–H and O–H groups in total. The van der Waals surface area contributed by atoms with Crippen molar-refractivity contribution in [3.63, 3.8) is 0 Å². The average molecular weight is 125 g/mol. The molecule has 0 bridgehead atoms. The van der Waals surface area contributed by atoms with Gasteiger partial charge in [0.05, 0.1) is 6.61 Å². The Labute approximate surface area is 54.9 Å². The predicted octanol–water partition coefficient (Wildman–Crippen LogP) is 1.12. The van der Waals surface area contributed by atoms with Gasteiger partial charge in [-0.15, -0.1) is 0 Å². The van der Waals surface area contributed by atoms with Gasteiger partial charge in [0.1, 0.15) is 0 Å². The van der Waals surface area contributed by atoms with Gasteiger partial charge in [-0.3, -0.25) is 4.99 Å². The highest BCUT2D eigenvalue weighted by atomic mass is 16.3. The smallest absolute Gasteiger partial charge is 0.0662 e. The van der Waals surface area contributed by atoms with E-state index in [-0.39, 0.29) is 6.61 Å². The van der Waals surface area contributed by atoms with Crippen molar-refractivity contribution < 1.29 is 5.11 Å². The van der Waals surface area contributed by atoms with Crippen LogP contribution in [0, 0.1) is 0 Å². The molecule has 0 radical (unpaired) electrons. The molecule has 0 aliphatic carbocycles. The number of hydrogen-bond acceptors (Lipinski definition) is 2. The maximum atomic E-state index is 8.73. The molecule has 9 heavy (non-hydrogen) atoms. The van der Waals surface area contributed by atoms with E-state index < -0.39 is 0 Å². The zero-order valence-corrected chi connectivity index (χ0v) is 5.59. The minimum absolute atomic E-state index is 0.170. The summed E-state index contributed by atoms with van der Waals surface area (Å²) in [5.41, 5.74) is 2.07. The predicted molar refractivity (Wildman–Crippen MR) is 37.5 cm³/mol. The third kappa shape index (κ3) is 1.39. The molecule has 0 aromatic heterocycles. The van der Waals surface area contributed by atoms with Gasteiger partial charge in [-0.25, -0.2) is 0 Å². The van der Waals surface area contributed by atoms with E-state index in [0.717, 1.165) is 24.1 Å². The molecule has 1 heterocycles. The zero-order chi connectivity index (χ0) is 6.69. The minimum atomic E-state index is 0.170. The van der Waals surface area contributed by atoms with Gasteiger partial charge in [-0.1, -0.05) is 0 Å². The fourth-order valence-electron chi connectivity index (χ4n) is 0.906. The highest BCUT2D eigenvalue weighted by Gasteiger charge is 2.02. The standard InChI is InChI=1S/C7H11NO/c1-6-7(5-9)3-2-4-8-6/h4,9H,2-3,5H2,1H3. The van der Waals surface area contributed by atoms with Crippen LogP contribution in [0.4, 0.5) is 0 Å². The SMILES string of the molecule is CC1=C(CO)CCC=N1. The molecule has 1 rings (SSSR count).